The van der Waals surface area contributed by atoms with Crippen molar-refractivity contribution in [3.05, 3.63) is 62.0 Å². The largest absolute Gasteiger partial charge is 0.489 e. The van der Waals surface area contributed by atoms with Crippen molar-refractivity contribution in [3.8, 4) is 11.5 Å². The van der Waals surface area contributed by atoms with Gasteiger partial charge in [-0.15, -0.1) is 0 Å². The molecule has 1 aromatic heterocycles. The highest BCUT2D eigenvalue weighted by Crippen LogP contribution is 2.35. The summed E-state index contributed by atoms with van der Waals surface area (Å²) in [7, 11) is 0. The van der Waals surface area contributed by atoms with Crippen LogP contribution in [0.5, 0.6) is 11.5 Å². The number of aromatic nitrogens is 1. The van der Waals surface area contributed by atoms with Gasteiger partial charge in [0.2, 0.25) is 5.75 Å². The first-order valence-electron chi connectivity index (χ1n) is 13.2. The van der Waals surface area contributed by atoms with E-state index in [1.54, 1.807) is 10.6 Å². The minimum atomic E-state index is -0.434. The van der Waals surface area contributed by atoms with E-state index in [0.29, 0.717) is 29.8 Å². The first kappa shape index (κ1) is 29.1. The lowest BCUT2D eigenvalue weighted by Crippen LogP contribution is -2.24. The van der Waals surface area contributed by atoms with Crippen molar-refractivity contribution in [3.63, 3.8) is 0 Å². The molecule has 0 N–H and O–H groups in total. The molecule has 0 aliphatic carbocycles. The van der Waals surface area contributed by atoms with Crippen molar-refractivity contribution >= 4 is 16.6 Å². The average Bonchev–Trinajstić information content (AvgIpc) is 2.84. The fraction of sp³-hybridized carbons (Fsp3) is 0.552. The zero-order valence-electron chi connectivity index (χ0n) is 22.6. The van der Waals surface area contributed by atoms with Gasteiger partial charge in [-0.05, 0) is 58.6 Å². The van der Waals surface area contributed by atoms with E-state index < -0.39 is 4.92 Å². The lowest BCUT2D eigenvalue weighted by molar-refractivity contribution is -0.384. The Balaban J connectivity index is 2.50. The van der Waals surface area contributed by atoms with Gasteiger partial charge >= 0.3 is 0 Å². The Morgan fingerprint density at radius 2 is 1.75 bits per heavy atom. The van der Waals surface area contributed by atoms with Gasteiger partial charge < -0.3 is 14.0 Å². The number of non-ortho nitro benzene ring substituents is 1. The standard InChI is InChI=1S/C29H42N2O5/c1-6-8-10-11-18-30-26-21-24(31(33)34)15-16-25(26)27(35-19-9-7-2)28(29(30)32)36-20-17-23(5)14-12-13-22(3)4/h13,15-17,21H,6-12,14,18-20H2,1-5H3/b23-17+. The Kier molecular flexibility index (Phi) is 12.2. The number of unbranched alkanes of at least 4 members (excludes halogenated alkanes) is 4. The zero-order valence-corrected chi connectivity index (χ0v) is 22.6. The third-order valence-electron chi connectivity index (χ3n) is 6.10. The van der Waals surface area contributed by atoms with Crippen molar-refractivity contribution in [2.75, 3.05) is 13.2 Å². The van der Waals surface area contributed by atoms with E-state index in [-0.39, 0.29) is 23.6 Å². The molecule has 0 aliphatic heterocycles. The normalized spacial score (nSPS) is 11.5. The van der Waals surface area contributed by atoms with Gasteiger partial charge in [-0.2, -0.15) is 0 Å². The molecule has 0 saturated carbocycles. The van der Waals surface area contributed by atoms with E-state index in [1.807, 2.05) is 6.08 Å². The van der Waals surface area contributed by atoms with Gasteiger partial charge in [0.05, 0.1) is 17.0 Å². The van der Waals surface area contributed by atoms with Crippen LogP contribution in [0, 0.1) is 10.1 Å². The van der Waals surface area contributed by atoms with Crippen molar-refractivity contribution in [2.45, 2.75) is 92.5 Å². The summed E-state index contributed by atoms with van der Waals surface area (Å²) in [6.45, 7) is 11.6. The maximum Gasteiger partial charge on any atom is 0.297 e. The molecule has 36 heavy (non-hydrogen) atoms. The molecule has 0 fully saturated rings. The smallest absolute Gasteiger partial charge is 0.297 e. The topological polar surface area (TPSA) is 83.6 Å². The van der Waals surface area contributed by atoms with E-state index in [4.69, 9.17) is 9.47 Å². The summed E-state index contributed by atoms with van der Waals surface area (Å²) in [6.07, 6.45) is 11.8. The Hall–Kier alpha value is -3.09. The number of hydrogen-bond acceptors (Lipinski definition) is 5. The van der Waals surface area contributed by atoms with Crippen LogP contribution in [0.2, 0.25) is 0 Å². The number of nitro benzene ring substituents is 1. The molecule has 0 saturated heterocycles. The van der Waals surface area contributed by atoms with E-state index >= 15 is 0 Å². The Labute approximate surface area is 215 Å². The Morgan fingerprint density at radius 3 is 2.42 bits per heavy atom. The minimum Gasteiger partial charge on any atom is -0.489 e. The van der Waals surface area contributed by atoms with Crippen LogP contribution in [-0.4, -0.2) is 22.7 Å². The molecule has 7 nitrogen and oxygen atoms in total. The molecule has 0 amide bonds. The summed E-state index contributed by atoms with van der Waals surface area (Å²) in [5, 5.41) is 12.1. The number of hydrogen-bond donors (Lipinski definition) is 0. The third kappa shape index (κ3) is 8.54. The van der Waals surface area contributed by atoms with E-state index in [0.717, 1.165) is 51.4 Å². The first-order chi connectivity index (χ1) is 17.3. The number of benzene rings is 1. The van der Waals surface area contributed by atoms with Crippen LogP contribution in [-0.2, 0) is 6.54 Å². The number of pyridine rings is 1. The van der Waals surface area contributed by atoms with Gasteiger partial charge in [0.15, 0.2) is 5.75 Å². The Bertz CT molecular complexity index is 1130. The molecular weight excluding hydrogens is 456 g/mol. The average molecular weight is 499 g/mol. The number of nitrogens with zero attached hydrogens (tertiary/aromatic N) is 2. The van der Waals surface area contributed by atoms with E-state index in [1.165, 1.54) is 23.3 Å². The predicted octanol–water partition coefficient (Wildman–Crippen LogP) is 7.74. The van der Waals surface area contributed by atoms with Crippen LogP contribution >= 0.6 is 0 Å². The van der Waals surface area contributed by atoms with Gasteiger partial charge in [0.25, 0.3) is 11.2 Å². The van der Waals surface area contributed by atoms with Crippen LogP contribution in [0.4, 0.5) is 5.69 Å². The molecule has 0 aliphatic rings. The highest BCUT2D eigenvalue weighted by atomic mass is 16.6. The summed E-state index contributed by atoms with van der Waals surface area (Å²) >= 11 is 0. The second-order valence-electron chi connectivity index (χ2n) is 9.52. The monoisotopic (exact) mass is 498 g/mol. The predicted molar refractivity (Wildman–Crippen MR) is 147 cm³/mol. The second-order valence-corrected chi connectivity index (χ2v) is 9.52. The fourth-order valence-corrected chi connectivity index (χ4v) is 3.97. The molecule has 0 spiro atoms. The van der Waals surface area contributed by atoms with E-state index in [2.05, 4.69) is 40.7 Å². The molecule has 0 bridgehead atoms. The van der Waals surface area contributed by atoms with Crippen molar-refractivity contribution in [1.29, 1.82) is 0 Å². The maximum atomic E-state index is 13.7. The quantitative estimate of drug-likeness (QED) is 0.102. The van der Waals surface area contributed by atoms with E-state index in [9.17, 15) is 14.9 Å². The summed E-state index contributed by atoms with van der Waals surface area (Å²) in [5.41, 5.74) is 2.65. The molecule has 0 unspecified atom stereocenters. The van der Waals surface area contributed by atoms with Gasteiger partial charge in [-0.25, -0.2) is 0 Å². The van der Waals surface area contributed by atoms with Crippen LogP contribution in [0.15, 0.2) is 46.3 Å². The molecule has 2 aromatic rings. The van der Waals surface area contributed by atoms with Crippen molar-refractivity contribution < 1.29 is 14.4 Å². The van der Waals surface area contributed by atoms with Crippen molar-refractivity contribution in [1.82, 2.24) is 4.57 Å². The van der Waals surface area contributed by atoms with Crippen LogP contribution in [0.1, 0.15) is 86.0 Å². The van der Waals surface area contributed by atoms with Crippen LogP contribution in [0.25, 0.3) is 10.9 Å². The van der Waals surface area contributed by atoms with Gasteiger partial charge in [0, 0.05) is 24.1 Å². The number of allylic oxidation sites excluding steroid dienone is 3. The highest BCUT2D eigenvalue weighted by Gasteiger charge is 2.21. The molecule has 1 aromatic carbocycles. The summed E-state index contributed by atoms with van der Waals surface area (Å²) in [5.74, 6) is 0.551. The molecular formula is C29H42N2O5. The van der Waals surface area contributed by atoms with Gasteiger partial charge in [0.1, 0.15) is 6.61 Å². The fourth-order valence-electron chi connectivity index (χ4n) is 3.97. The number of fused-ring (bicyclic) bond motifs is 1. The van der Waals surface area contributed by atoms with Crippen molar-refractivity contribution in [2.24, 2.45) is 0 Å². The maximum absolute atomic E-state index is 13.7. The Morgan fingerprint density at radius 1 is 1.00 bits per heavy atom. The number of aryl methyl sites for hydroxylation is 1. The number of nitro groups is 1. The molecule has 1 heterocycles. The summed E-state index contributed by atoms with van der Waals surface area (Å²) in [4.78, 5) is 24.7. The molecule has 198 valence electrons. The number of rotatable bonds is 16. The lowest BCUT2D eigenvalue weighted by atomic mass is 10.1. The van der Waals surface area contributed by atoms with Crippen LogP contribution in [0.3, 0.4) is 0 Å². The summed E-state index contributed by atoms with van der Waals surface area (Å²) in [6, 6.07) is 4.60. The molecule has 2 rings (SSSR count). The first-order valence-corrected chi connectivity index (χ1v) is 13.2. The second kappa shape index (κ2) is 15.1. The molecule has 0 radical (unpaired) electrons. The number of ether oxygens (including phenoxy) is 2. The third-order valence-corrected chi connectivity index (χ3v) is 6.10. The molecule has 0 atom stereocenters. The summed E-state index contributed by atoms with van der Waals surface area (Å²) < 4.78 is 13.8. The zero-order chi connectivity index (χ0) is 26.5. The lowest BCUT2D eigenvalue weighted by Gasteiger charge is -2.18. The van der Waals surface area contributed by atoms with Gasteiger partial charge in [-0.1, -0.05) is 56.8 Å². The minimum absolute atomic E-state index is 0.0488. The SMILES string of the molecule is CCCCCCn1c(=O)c(OC/C=C(\C)CCC=C(C)C)c(OCCCC)c2ccc([N+](=O)[O-])cc21. The van der Waals surface area contributed by atoms with Gasteiger partial charge in [-0.3, -0.25) is 14.9 Å². The van der Waals surface area contributed by atoms with Crippen LogP contribution < -0.4 is 15.0 Å². The highest BCUT2D eigenvalue weighted by molar-refractivity contribution is 5.89. The molecule has 7 heteroatoms.